The summed E-state index contributed by atoms with van der Waals surface area (Å²) < 4.78 is 4.69. The van der Waals surface area contributed by atoms with Crippen LogP contribution in [-0.2, 0) is 14.3 Å². The molecule has 0 radical (unpaired) electrons. The Labute approximate surface area is 63.5 Å². The van der Waals surface area contributed by atoms with Gasteiger partial charge in [0, 0.05) is 12.5 Å². The quantitative estimate of drug-likeness (QED) is 0.585. The number of carboxylic acids is 1. The van der Waals surface area contributed by atoms with E-state index >= 15 is 0 Å². The average Bonchev–Trinajstić information content (AvgIpc) is 1.85. The van der Waals surface area contributed by atoms with Crippen LogP contribution in [0, 0.1) is 0 Å². The van der Waals surface area contributed by atoms with E-state index in [0.717, 1.165) is 0 Å². The monoisotopic (exact) mass is 156 g/mol. The highest BCUT2D eigenvalue weighted by molar-refractivity contribution is 5.83. The van der Waals surface area contributed by atoms with Crippen LogP contribution < -0.4 is 0 Å². The molecule has 1 aliphatic heterocycles. The van der Waals surface area contributed by atoms with Gasteiger partial charge in [0.1, 0.15) is 6.10 Å². The van der Waals surface area contributed by atoms with Gasteiger partial charge in [-0.15, -0.1) is 0 Å². The molecule has 60 valence electrons. The summed E-state index contributed by atoms with van der Waals surface area (Å²) in [6.07, 6.45) is 2.83. The summed E-state index contributed by atoms with van der Waals surface area (Å²) in [5, 5.41) is 8.34. The summed E-state index contributed by atoms with van der Waals surface area (Å²) in [5.74, 6) is -1.40. The number of hydrogen-bond acceptors (Lipinski definition) is 3. The first-order chi connectivity index (χ1) is 5.18. The van der Waals surface area contributed by atoms with Crippen molar-refractivity contribution in [3.8, 4) is 0 Å². The minimum absolute atomic E-state index is 0.115. The highest BCUT2D eigenvalue weighted by Gasteiger charge is 2.18. The molecule has 4 nitrogen and oxygen atoms in total. The van der Waals surface area contributed by atoms with E-state index in [9.17, 15) is 9.59 Å². The number of cyclic esters (lactones) is 1. The van der Waals surface area contributed by atoms with Gasteiger partial charge in [-0.25, -0.2) is 4.79 Å². The average molecular weight is 156 g/mol. The van der Waals surface area contributed by atoms with Crippen molar-refractivity contribution in [2.75, 3.05) is 0 Å². The second kappa shape index (κ2) is 3.18. The third-order valence-electron chi connectivity index (χ3n) is 1.34. The largest absolute Gasteiger partial charge is 0.481 e. The fourth-order valence-electron chi connectivity index (χ4n) is 0.887. The van der Waals surface area contributed by atoms with Crippen molar-refractivity contribution in [1.82, 2.24) is 0 Å². The maximum absolute atomic E-state index is 10.6. The van der Waals surface area contributed by atoms with E-state index < -0.39 is 18.0 Å². The molecule has 1 rings (SSSR count). The summed E-state index contributed by atoms with van der Waals surface area (Å²) in [6, 6.07) is 0. The molecule has 0 aliphatic carbocycles. The van der Waals surface area contributed by atoms with Gasteiger partial charge in [-0.3, -0.25) is 4.79 Å². The van der Waals surface area contributed by atoms with Gasteiger partial charge in [0.25, 0.3) is 0 Å². The van der Waals surface area contributed by atoms with Crippen LogP contribution in [0.3, 0.4) is 0 Å². The third-order valence-corrected chi connectivity index (χ3v) is 1.34. The molecule has 0 saturated heterocycles. The van der Waals surface area contributed by atoms with E-state index in [4.69, 9.17) is 9.84 Å². The third kappa shape index (κ3) is 2.41. The van der Waals surface area contributed by atoms with Gasteiger partial charge in [-0.1, -0.05) is 6.08 Å². The van der Waals surface area contributed by atoms with Crippen molar-refractivity contribution in [1.29, 1.82) is 0 Å². The molecular formula is C7H8O4. The topological polar surface area (TPSA) is 63.6 Å². The Morgan fingerprint density at radius 2 is 2.55 bits per heavy atom. The standard InChI is InChI=1S/C7H8O4/c8-6(9)4-5-2-1-3-7(10)11-5/h1,3,5H,2,4H2,(H,8,9)/t5-/m0/s1. The van der Waals surface area contributed by atoms with Crippen molar-refractivity contribution in [3.63, 3.8) is 0 Å². The Bertz CT molecular complexity index is 206. The van der Waals surface area contributed by atoms with Crippen LogP contribution in [-0.4, -0.2) is 23.1 Å². The van der Waals surface area contributed by atoms with Crippen molar-refractivity contribution < 1.29 is 19.4 Å². The lowest BCUT2D eigenvalue weighted by Crippen LogP contribution is -2.22. The molecule has 0 unspecified atom stereocenters. The molecule has 0 aromatic rings. The van der Waals surface area contributed by atoms with Gasteiger partial charge >= 0.3 is 11.9 Å². The fourth-order valence-corrected chi connectivity index (χ4v) is 0.887. The smallest absolute Gasteiger partial charge is 0.330 e. The zero-order chi connectivity index (χ0) is 8.27. The minimum Gasteiger partial charge on any atom is -0.481 e. The fraction of sp³-hybridized carbons (Fsp3) is 0.429. The highest BCUT2D eigenvalue weighted by Crippen LogP contribution is 2.10. The maximum atomic E-state index is 10.6. The molecule has 0 spiro atoms. The van der Waals surface area contributed by atoms with Crippen LogP contribution in [0.1, 0.15) is 12.8 Å². The summed E-state index contributed by atoms with van der Waals surface area (Å²) in [6.45, 7) is 0. The first-order valence-electron chi connectivity index (χ1n) is 3.27. The number of hydrogen-bond donors (Lipinski definition) is 1. The Morgan fingerprint density at radius 1 is 1.82 bits per heavy atom. The van der Waals surface area contributed by atoms with E-state index in [1.165, 1.54) is 6.08 Å². The van der Waals surface area contributed by atoms with E-state index in [1.54, 1.807) is 6.08 Å². The lowest BCUT2D eigenvalue weighted by atomic mass is 10.1. The van der Waals surface area contributed by atoms with Gasteiger partial charge < -0.3 is 9.84 Å². The Morgan fingerprint density at radius 3 is 3.09 bits per heavy atom. The van der Waals surface area contributed by atoms with Crippen molar-refractivity contribution >= 4 is 11.9 Å². The molecule has 0 aromatic carbocycles. The molecule has 4 heteroatoms. The van der Waals surface area contributed by atoms with Crippen molar-refractivity contribution in [3.05, 3.63) is 12.2 Å². The Kier molecular flexibility index (Phi) is 2.25. The second-order valence-electron chi connectivity index (χ2n) is 2.29. The van der Waals surface area contributed by atoms with Crippen LogP contribution in [0.15, 0.2) is 12.2 Å². The summed E-state index contributed by atoms with van der Waals surface area (Å²) in [5.41, 5.74) is 0. The number of ether oxygens (including phenoxy) is 1. The number of aliphatic carboxylic acids is 1. The SMILES string of the molecule is O=C(O)C[C@@H]1CC=CC(=O)O1. The van der Waals surface area contributed by atoms with Gasteiger partial charge in [0.15, 0.2) is 0 Å². The Balaban J connectivity index is 2.43. The molecule has 0 saturated carbocycles. The highest BCUT2D eigenvalue weighted by atomic mass is 16.5. The van der Waals surface area contributed by atoms with Crippen molar-refractivity contribution in [2.24, 2.45) is 0 Å². The molecule has 1 aliphatic rings. The molecule has 1 N–H and O–H groups in total. The lowest BCUT2D eigenvalue weighted by Gasteiger charge is -2.15. The normalized spacial score (nSPS) is 22.9. The predicted molar refractivity (Wildman–Crippen MR) is 35.9 cm³/mol. The summed E-state index contributed by atoms with van der Waals surface area (Å²) in [7, 11) is 0. The summed E-state index contributed by atoms with van der Waals surface area (Å²) in [4.78, 5) is 20.7. The molecule has 0 aromatic heterocycles. The van der Waals surface area contributed by atoms with Crippen LogP contribution >= 0.6 is 0 Å². The van der Waals surface area contributed by atoms with Crippen molar-refractivity contribution in [2.45, 2.75) is 18.9 Å². The van der Waals surface area contributed by atoms with Gasteiger partial charge in [0.2, 0.25) is 0 Å². The first kappa shape index (κ1) is 7.78. The maximum Gasteiger partial charge on any atom is 0.330 e. The van der Waals surface area contributed by atoms with E-state index in [-0.39, 0.29) is 6.42 Å². The van der Waals surface area contributed by atoms with Gasteiger partial charge in [0.05, 0.1) is 6.42 Å². The number of carboxylic acid groups (broad SMARTS) is 1. The van der Waals surface area contributed by atoms with E-state index in [2.05, 4.69) is 0 Å². The number of carbonyl (C=O) groups is 2. The van der Waals surface area contributed by atoms with E-state index in [1.807, 2.05) is 0 Å². The van der Waals surface area contributed by atoms with Crippen LogP contribution in [0.2, 0.25) is 0 Å². The molecule has 0 bridgehead atoms. The molecule has 1 heterocycles. The molecule has 11 heavy (non-hydrogen) atoms. The van der Waals surface area contributed by atoms with E-state index in [0.29, 0.717) is 6.42 Å². The molecule has 0 fully saturated rings. The van der Waals surface area contributed by atoms with Gasteiger partial charge in [-0.2, -0.15) is 0 Å². The first-order valence-corrected chi connectivity index (χ1v) is 3.27. The predicted octanol–water partition coefficient (Wildman–Crippen LogP) is 0.333. The molecular weight excluding hydrogens is 148 g/mol. The number of rotatable bonds is 2. The van der Waals surface area contributed by atoms with Crippen LogP contribution in [0.4, 0.5) is 0 Å². The number of carbonyl (C=O) groups excluding carboxylic acids is 1. The number of esters is 1. The minimum atomic E-state index is -0.946. The van der Waals surface area contributed by atoms with Crippen LogP contribution in [0.25, 0.3) is 0 Å². The molecule has 1 atom stereocenters. The summed E-state index contributed by atoms with van der Waals surface area (Å²) >= 11 is 0. The van der Waals surface area contributed by atoms with Gasteiger partial charge in [-0.05, 0) is 0 Å². The zero-order valence-corrected chi connectivity index (χ0v) is 5.82. The molecule has 0 amide bonds. The van der Waals surface area contributed by atoms with Crippen LogP contribution in [0.5, 0.6) is 0 Å². The second-order valence-corrected chi connectivity index (χ2v) is 2.29. The Hall–Kier alpha value is -1.32. The zero-order valence-electron chi connectivity index (χ0n) is 5.82. The lowest BCUT2D eigenvalue weighted by molar-refractivity contribution is -0.149.